The largest absolute Gasteiger partial charge is 0.315 e. The van der Waals surface area contributed by atoms with Crippen LogP contribution in [0.1, 0.15) is 18.3 Å². The molecule has 0 bridgehead atoms. The molecule has 1 unspecified atom stereocenters. The second kappa shape index (κ2) is 8.19. The van der Waals surface area contributed by atoms with E-state index in [-0.39, 0.29) is 11.2 Å². The molecule has 0 saturated heterocycles. The van der Waals surface area contributed by atoms with Crippen molar-refractivity contribution in [1.29, 1.82) is 0 Å². The topological polar surface area (TPSA) is 51.0 Å². The van der Waals surface area contributed by atoms with Crippen molar-refractivity contribution >= 4 is 23.4 Å². The second-order valence-corrected chi connectivity index (χ2v) is 7.40. The standard InChI is InChI=1S/C20H22N4OS/c1-15(19(25)23(3)18-12-8-5-9-13-18)26-20-22-21-16(2)24(20)14-17-10-6-4-7-11-17/h4-13,15H,14H2,1-3H3. The summed E-state index contributed by atoms with van der Waals surface area (Å²) in [4.78, 5) is 14.5. The molecule has 0 radical (unpaired) electrons. The van der Waals surface area contributed by atoms with Gasteiger partial charge in [-0.25, -0.2) is 0 Å². The molecule has 2 aromatic carbocycles. The molecule has 3 aromatic rings. The van der Waals surface area contributed by atoms with Gasteiger partial charge in [0.25, 0.3) is 0 Å². The van der Waals surface area contributed by atoms with Crippen LogP contribution in [0, 0.1) is 6.92 Å². The van der Waals surface area contributed by atoms with Crippen molar-refractivity contribution in [2.45, 2.75) is 30.8 Å². The molecular weight excluding hydrogens is 344 g/mol. The van der Waals surface area contributed by atoms with Crippen molar-refractivity contribution < 1.29 is 4.79 Å². The molecule has 0 aliphatic rings. The molecule has 26 heavy (non-hydrogen) atoms. The number of aromatic nitrogens is 3. The number of aryl methyl sites for hydroxylation is 1. The highest BCUT2D eigenvalue weighted by molar-refractivity contribution is 8.00. The first-order valence-electron chi connectivity index (χ1n) is 8.49. The number of para-hydroxylation sites is 1. The van der Waals surface area contributed by atoms with Crippen LogP contribution in [0.15, 0.2) is 65.8 Å². The van der Waals surface area contributed by atoms with Crippen LogP contribution in [-0.4, -0.2) is 33.0 Å². The molecule has 1 heterocycles. The number of thioether (sulfide) groups is 1. The molecule has 1 atom stereocenters. The average Bonchev–Trinajstić information content (AvgIpc) is 3.01. The Morgan fingerprint density at radius 2 is 1.69 bits per heavy atom. The molecule has 0 aliphatic heterocycles. The van der Waals surface area contributed by atoms with E-state index in [0.717, 1.165) is 16.7 Å². The van der Waals surface area contributed by atoms with Crippen molar-refractivity contribution in [2.75, 3.05) is 11.9 Å². The lowest BCUT2D eigenvalue weighted by Gasteiger charge is -2.21. The van der Waals surface area contributed by atoms with Gasteiger partial charge in [-0.15, -0.1) is 10.2 Å². The summed E-state index contributed by atoms with van der Waals surface area (Å²) >= 11 is 1.44. The minimum absolute atomic E-state index is 0.0353. The van der Waals surface area contributed by atoms with Crippen LogP contribution in [0.25, 0.3) is 0 Å². The molecule has 1 amide bonds. The van der Waals surface area contributed by atoms with Crippen LogP contribution in [0.3, 0.4) is 0 Å². The van der Waals surface area contributed by atoms with E-state index in [2.05, 4.69) is 22.3 Å². The Bertz CT molecular complexity index is 864. The van der Waals surface area contributed by atoms with Gasteiger partial charge in [-0.05, 0) is 31.5 Å². The summed E-state index contributed by atoms with van der Waals surface area (Å²) in [5.41, 5.74) is 2.06. The quantitative estimate of drug-likeness (QED) is 0.623. The highest BCUT2D eigenvalue weighted by Crippen LogP contribution is 2.25. The Balaban J connectivity index is 1.73. The van der Waals surface area contributed by atoms with E-state index in [0.29, 0.717) is 6.54 Å². The third-order valence-electron chi connectivity index (χ3n) is 4.19. The monoisotopic (exact) mass is 366 g/mol. The van der Waals surface area contributed by atoms with Crippen molar-refractivity contribution in [3.05, 3.63) is 72.1 Å². The number of benzene rings is 2. The van der Waals surface area contributed by atoms with E-state index in [1.165, 1.54) is 17.3 Å². The van der Waals surface area contributed by atoms with Gasteiger partial charge in [-0.3, -0.25) is 4.79 Å². The molecule has 1 aromatic heterocycles. The zero-order chi connectivity index (χ0) is 18.5. The fourth-order valence-corrected chi connectivity index (χ4v) is 3.64. The third kappa shape index (κ3) is 4.14. The summed E-state index contributed by atoms with van der Waals surface area (Å²) in [5, 5.41) is 8.96. The molecule has 0 saturated carbocycles. The Hall–Kier alpha value is -2.60. The molecule has 0 fully saturated rings. The van der Waals surface area contributed by atoms with Gasteiger partial charge in [0.1, 0.15) is 5.82 Å². The zero-order valence-corrected chi connectivity index (χ0v) is 16.0. The molecule has 3 rings (SSSR count). The van der Waals surface area contributed by atoms with E-state index in [1.54, 1.807) is 11.9 Å². The first-order valence-corrected chi connectivity index (χ1v) is 9.37. The third-order valence-corrected chi connectivity index (χ3v) is 5.26. The molecule has 0 spiro atoms. The number of nitrogens with zero attached hydrogens (tertiary/aromatic N) is 4. The van der Waals surface area contributed by atoms with Crippen LogP contribution in [0.5, 0.6) is 0 Å². The van der Waals surface area contributed by atoms with Crippen molar-refractivity contribution in [2.24, 2.45) is 0 Å². The summed E-state index contributed by atoms with van der Waals surface area (Å²) in [6.07, 6.45) is 0. The van der Waals surface area contributed by atoms with Gasteiger partial charge in [0.2, 0.25) is 5.91 Å². The highest BCUT2D eigenvalue weighted by atomic mass is 32.2. The summed E-state index contributed by atoms with van der Waals surface area (Å²) in [5.74, 6) is 0.875. The molecule has 134 valence electrons. The van der Waals surface area contributed by atoms with Crippen LogP contribution >= 0.6 is 11.8 Å². The van der Waals surface area contributed by atoms with Crippen LogP contribution in [0.2, 0.25) is 0 Å². The number of hydrogen-bond donors (Lipinski definition) is 0. The van der Waals surface area contributed by atoms with Crippen LogP contribution in [0.4, 0.5) is 5.69 Å². The Labute approximate surface area is 158 Å². The van der Waals surface area contributed by atoms with Gasteiger partial charge in [0, 0.05) is 12.7 Å². The molecular formula is C20H22N4OS. The van der Waals surface area contributed by atoms with Crippen molar-refractivity contribution in [3.8, 4) is 0 Å². The van der Waals surface area contributed by atoms with Gasteiger partial charge in [0.05, 0.1) is 11.8 Å². The maximum atomic E-state index is 12.8. The first-order chi connectivity index (χ1) is 12.6. The number of carbonyl (C=O) groups excluding carboxylic acids is 1. The van der Waals surface area contributed by atoms with Crippen LogP contribution in [-0.2, 0) is 11.3 Å². The van der Waals surface area contributed by atoms with Crippen molar-refractivity contribution in [3.63, 3.8) is 0 Å². The average molecular weight is 366 g/mol. The van der Waals surface area contributed by atoms with E-state index < -0.39 is 0 Å². The lowest BCUT2D eigenvalue weighted by Crippen LogP contribution is -2.33. The van der Waals surface area contributed by atoms with E-state index in [9.17, 15) is 4.79 Å². The zero-order valence-electron chi connectivity index (χ0n) is 15.2. The maximum Gasteiger partial charge on any atom is 0.240 e. The van der Waals surface area contributed by atoms with E-state index in [4.69, 9.17) is 0 Å². The van der Waals surface area contributed by atoms with Gasteiger partial charge in [-0.1, -0.05) is 60.3 Å². The lowest BCUT2D eigenvalue weighted by atomic mass is 10.2. The highest BCUT2D eigenvalue weighted by Gasteiger charge is 2.22. The van der Waals surface area contributed by atoms with E-state index >= 15 is 0 Å². The number of anilines is 1. The Morgan fingerprint density at radius 1 is 1.08 bits per heavy atom. The van der Waals surface area contributed by atoms with Gasteiger partial charge < -0.3 is 9.47 Å². The minimum Gasteiger partial charge on any atom is -0.315 e. The predicted octanol–water partition coefficient (Wildman–Crippen LogP) is 3.78. The molecule has 0 N–H and O–H groups in total. The summed E-state index contributed by atoms with van der Waals surface area (Å²) in [6.45, 7) is 4.53. The normalized spacial score (nSPS) is 12.0. The number of rotatable bonds is 6. The first kappa shape index (κ1) is 18.2. The second-order valence-electron chi connectivity index (χ2n) is 6.09. The van der Waals surface area contributed by atoms with Gasteiger partial charge in [-0.2, -0.15) is 0 Å². The number of hydrogen-bond acceptors (Lipinski definition) is 4. The van der Waals surface area contributed by atoms with Crippen molar-refractivity contribution in [1.82, 2.24) is 14.8 Å². The molecule has 6 heteroatoms. The minimum atomic E-state index is -0.265. The number of amides is 1. The van der Waals surface area contributed by atoms with Gasteiger partial charge in [0.15, 0.2) is 5.16 Å². The van der Waals surface area contributed by atoms with Gasteiger partial charge >= 0.3 is 0 Å². The molecule has 0 aliphatic carbocycles. The fraction of sp³-hybridized carbons (Fsp3) is 0.250. The Morgan fingerprint density at radius 3 is 2.35 bits per heavy atom. The number of carbonyl (C=O) groups is 1. The lowest BCUT2D eigenvalue weighted by molar-refractivity contribution is -0.117. The summed E-state index contributed by atoms with van der Waals surface area (Å²) in [7, 11) is 1.80. The molecule has 5 nitrogen and oxygen atoms in total. The van der Waals surface area contributed by atoms with Crippen LogP contribution < -0.4 is 4.90 Å². The smallest absolute Gasteiger partial charge is 0.240 e. The maximum absolute atomic E-state index is 12.8. The summed E-state index contributed by atoms with van der Waals surface area (Å²) in [6, 6.07) is 19.8. The summed E-state index contributed by atoms with van der Waals surface area (Å²) < 4.78 is 2.05. The SMILES string of the molecule is Cc1nnc(SC(C)C(=O)N(C)c2ccccc2)n1Cc1ccccc1. The predicted molar refractivity (Wildman–Crippen MR) is 105 cm³/mol. The Kier molecular flexibility index (Phi) is 5.73. The van der Waals surface area contributed by atoms with E-state index in [1.807, 2.05) is 66.9 Å². The fourth-order valence-electron chi connectivity index (χ4n) is 2.66.